The normalized spacial score (nSPS) is 15.3. The summed E-state index contributed by atoms with van der Waals surface area (Å²) < 4.78 is 5.62. The molecule has 27 heavy (non-hydrogen) atoms. The Hall–Kier alpha value is -3.01. The SMILES string of the molecule is COc1cc(-c2ccc3c(n2)CC(C)(C)CC3=O)ccc1-c1cccnc1. The van der Waals surface area contributed by atoms with Crippen LogP contribution in [0.4, 0.5) is 0 Å². The zero-order valence-corrected chi connectivity index (χ0v) is 15.8. The lowest BCUT2D eigenvalue weighted by Crippen LogP contribution is -2.27. The summed E-state index contributed by atoms with van der Waals surface area (Å²) >= 11 is 0. The molecule has 4 rings (SSSR count). The van der Waals surface area contributed by atoms with E-state index in [4.69, 9.17) is 9.72 Å². The molecule has 1 aromatic carbocycles. The largest absolute Gasteiger partial charge is 0.496 e. The number of aromatic nitrogens is 2. The summed E-state index contributed by atoms with van der Waals surface area (Å²) in [6, 6.07) is 13.8. The fourth-order valence-electron chi connectivity index (χ4n) is 3.71. The zero-order valence-electron chi connectivity index (χ0n) is 15.8. The van der Waals surface area contributed by atoms with Gasteiger partial charge in [-0.05, 0) is 42.2 Å². The van der Waals surface area contributed by atoms with Gasteiger partial charge in [0, 0.05) is 41.1 Å². The number of pyridine rings is 2. The van der Waals surface area contributed by atoms with Crippen molar-refractivity contribution in [3.63, 3.8) is 0 Å². The average Bonchev–Trinajstić information content (AvgIpc) is 2.66. The van der Waals surface area contributed by atoms with Gasteiger partial charge in [0.15, 0.2) is 5.78 Å². The Morgan fingerprint density at radius 2 is 1.81 bits per heavy atom. The van der Waals surface area contributed by atoms with Crippen LogP contribution in [0.1, 0.15) is 36.3 Å². The van der Waals surface area contributed by atoms with Crippen molar-refractivity contribution in [1.82, 2.24) is 9.97 Å². The molecule has 4 heteroatoms. The molecule has 0 spiro atoms. The van der Waals surface area contributed by atoms with Crippen molar-refractivity contribution in [2.75, 3.05) is 7.11 Å². The Morgan fingerprint density at radius 1 is 1.00 bits per heavy atom. The molecule has 0 atom stereocenters. The number of Topliss-reactive ketones (excluding diaryl/α,β-unsaturated/α-hetero) is 1. The number of ketones is 1. The molecule has 0 saturated heterocycles. The molecule has 136 valence electrons. The number of carbonyl (C=O) groups is 1. The van der Waals surface area contributed by atoms with Crippen molar-refractivity contribution in [1.29, 1.82) is 0 Å². The number of hydrogen-bond acceptors (Lipinski definition) is 4. The van der Waals surface area contributed by atoms with Crippen LogP contribution in [0.5, 0.6) is 5.75 Å². The Bertz CT molecular complexity index is 1010. The van der Waals surface area contributed by atoms with Crippen LogP contribution >= 0.6 is 0 Å². The molecule has 0 N–H and O–H groups in total. The second-order valence-corrected chi connectivity index (χ2v) is 7.79. The van der Waals surface area contributed by atoms with Gasteiger partial charge in [-0.25, -0.2) is 0 Å². The minimum Gasteiger partial charge on any atom is -0.496 e. The number of benzene rings is 1. The predicted octanol–water partition coefficient (Wildman–Crippen LogP) is 4.97. The Kier molecular flexibility index (Phi) is 4.27. The lowest BCUT2D eigenvalue weighted by atomic mass is 9.75. The van der Waals surface area contributed by atoms with E-state index in [0.717, 1.165) is 45.8 Å². The lowest BCUT2D eigenvalue weighted by Gasteiger charge is -2.29. The average molecular weight is 358 g/mol. The molecular formula is C23H22N2O2. The van der Waals surface area contributed by atoms with E-state index in [1.54, 1.807) is 13.3 Å². The van der Waals surface area contributed by atoms with E-state index >= 15 is 0 Å². The number of hydrogen-bond donors (Lipinski definition) is 0. The summed E-state index contributed by atoms with van der Waals surface area (Å²) in [6.07, 6.45) is 4.97. The number of methoxy groups -OCH3 is 1. The summed E-state index contributed by atoms with van der Waals surface area (Å²) in [5.74, 6) is 0.959. The third-order valence-corrected chi connectivity index (χ3v) is 5.03. The van der Waals surface area contributed by atoms with Crippen LogP contribution in [-0.2, 0) is 6.42 Å². The lowest BCUT2D eigenvalue weighted by molar-refractivity contribution is 0.0910. The molecule has 0 unspecified atom stereocenters. The van der Waals surface area contributed by atoms with Gasteiger partial charge in [0.2, 0.25) is 0 Å². The minimum absolute atomic E-state index is 0.0441. The van der Waals surface area contributed by atoms with Gasteiger partial charge in [0.25, 0.3) is 0 Å². The van der Waals surface area contributed by atoms with Gasteiger partial charge >= 0.3 is 0 Å². The van der Waals surface area contributed by atoms with E-state index in [1.165, 1.54) is 0 Å². The van der Waals surface area contributed by atoms with Gasteiger partial charge in [-0.1, -0.05) is 26.0 Å². The maximum Gasteiger partial charge on any atom is 0.165 e. The highest BCUT2D eigenvalue weighted by atomic mass is 16.5. The third kappa shape index (κ3) is 3.35. The molecular weight excluding hydrogens is 336 g/mol. The van der Waals surface area contributed by atoms with Gasteiger partial charge in [-0.3, -0.25) is 14.8 Å². The number of ether oxygens (including phenoxy) is 1. The van der Waals surface area contributed by atoms with Crippen molar-refractivity contribution >= 4 is 5.78 Å². The van der Waals surface area contributed by atoms with Crippen molar-refractivity contribution < 1.29 is 9.53 Å². The molecule has 4 nitrogen and oxygen atoms in total. The van der Waals surface area contributed by atoms with E-state index in [9.17, 15) is 4.79 Å². The summed E-state index contributed by atoms with van der Waals surface area (Å²) in [5.41, 5.74) is 5.43. The van der Waals surface area contributed by atoms with Crippen LogP contribution in [0.2, 0.25) is 0 Å². The first-order valence-corrected chi connectivity index (χ1v) is 9.09. The van der Waals surface area contributed by atoms with Crippen molar-refractivity contribution in [2.45, 2.75) is 26.7 Å². The maximum absolute atomic E-state index is 12.4. The standard InChI is InChI=1S/C23H22N2O2/c1-23(2)12-20-18(21(26)13-23)8-9-19(25-20)15-6-7-17(22(11-15)27-3)16-5-4-10-24-14-16/h4-11,14H,12-13H2,1-3H3. The molecule has 2 heterocycles. The van der Waals surface area contributed by atoms with Gasteiger partial charge in [0.05, 0.1) is 18.5 Å². The molecule has 3 aromatic rings. The molecule has 2 aromatic heterocycles. The summed E-state index contributed by atoms with van der Waals surface area (Å²) in [6.45, 7) is 4.24. The van der Waals surface area contributed by atoms with Crippen molar-refractivity contribution in [2.24, 2.45) is 5.41 Å². The molecule has 1 aliphatic rings. The highest BCUT2D eigenvalue weighted by Crippen LogP contribution is 2.37. The van der Waals surface area contributed by atoms with E-state index in [2.05, 4.69) is 18.8 Å². The predicted molar refractivity (Wildman–Crippen MR) is 106 cm³/mol. The number of carbonyl (C=O) groups excluding carboxylic acids is 1. The molecule has 0 radical (unpaired) electrons. The molecule has 0 aliphatic heterocycles. The van der Waals surface area contributed by atoms with Gasteiger partial charge < -0.3 is 4.74 Å². The summed E-state index contributed by atoms with van der Waals surface area (Å²) in [4.78, 5) is 21.4. The maximum atomic E-state index is 12.4. The Morgan fingerprint density at radius 3 is 2.56 bits per heavy atom. The van der Waals surface area contributed by atoms with E-state index in [0.29, 0.717) is 6.42 Å². The van der Waals surface area contributed by atoms with Crippen LogP contribution in [0.25, 0.3) is 22.4 Å². The molecule has 0 saturated carbocycles. The van der Waals surface area contributed by atoms with Gasteiger partial charge in [-0.15, -0.1) is 0 Å². The number of rotatable bonds is 3. The fraction of sp³-hybridized carbons (Fsp3) is 0.261. The Balaban J connectivity index is 1.75. The second kappa shape index (κ2) is 6.62. The van der Waals surface area contributed by atoms with E-state index < -0.39 is 0 Å². The van der Waals surface area contributed by atoms with Crippen molar-refractivity contribution in [3.05, 3.63) is 66.1 Å². The van der Waals surface area contributed by atoms with Gasteiger partial charge in [0.1, 0.15) is 5.75 Å². The number of nitrogens with zero attached hydrogens (tertiary/aromatic N) is 2. The molecule has 0 bridgehead atoms. The zero-order chi connectivity index (χ0) is 19.0. The van der Waals surface area contributed by atoms with Crippen LogP contribution in [0.15, 0.2) is 54.9 Å². The summed E-state index contributed by atoms with van der Waals surface area (Å²) in [7, 11) is 1.67. The third-order valence-electron chi connectivity index (χ3n) is 5.03. The van der Waals surface area contributed by atoms with E-state index in [-0.39, 0.29) is 11.2 Å². The highest BCUT2D eigenvalue weighted by Gasteiger charge is 2.32. The van der Waals surface area contributed by atoms with Crippen LogP contribution in [0.3, 0.4) is 0 Å². The highest BCUT2D eigenvalue weighted by molar-refractivity contribution is 5.98. The molecule has 1 aliphatic carbocycles. The number of fused-ring (bicyclic) bond motifs is 1. The quantitative estimate of drug-likeness (QED) is 0.663. The monoisotopic (exact) mass is 358 g/mol. The van der Waals surface area contributed by atoms with Crippen LogP contribution in [0, 0.1) is 5.41 Å². The van der Waals surface area contributed by atoms with E-state index in [1.807, 2.05) is 48.7 Å². The molecule has 0 amide bonds. The first-order valence-electron chi connectivity index (χ1n) is 9.09. The Labute approximate surface area is 159 Å². The van der Waals surface area contributed by atoms with Crippen LogP contribution in [-0.4, -0.2) is 22.9 Å². The minimum atomic E-state index is -0.0441. The first-order chi connectivity index (χ1) is 13.0. The topological polar surface area (TPSA) is 52.1 Å². The smallest absolute Gasteiger partial charge is 0.165 e. The molecule has 0 fully saturated rings. The van der Waals surface area contributed by atoms with Crippen molar-refractivity contribution in [3.8, 4) is 28.1 Å². The second-order valence-electron chi connectivity index (χ2n) is 7.79. The first kappa shape index (κ1) is 17.4. The fourth-order valence-corrected chi connectivity index (χ4v) is 3.71. The summed E-state index contributed by atoms with van der Waals surface area (Å²) in [5, 5.41) is 0. The van der Waals surface area contributed by atoms with Gasteiger partial charge in [-0.2, -0.15) is 0 Å². The van der Waals surface area contributed by atoms with Crippen LogP contribution < -0.4 is 4.74 Å².